The zero-order chi connectivity index (χ0) is 16.9. The van der Waals surface area contributed by atoms with Crippen LogP contribution >= 0.6 is 0 Å². The first-order valence-corrected chi connectivity index (χ1v) is 7.25. The highest BCUT2D eigenvalue weighted by Crippen LogP contribution is 2.12. The molecular weight excluding hydrogens is 282 g/mol. The van der Waals surface area contributed by atoms with Crippen LogP contribution in [0.2, 0.25) is 0 Å². The van der Waals surface area contributed by atoms with Gasteiger partial charge in [0.2, 0.25) is 0 Å². The van der Waals surface area contributed by atoms with E-state index in [-0.39, 0.29) is 0 Å². The number of esters is 1. The molecule has 0 aliphatic rings. The summed E-state index contributed by atoms with van der Waals surface area (Å²) in [7, 11) is 1.30. The number of nitrogens with one attached hydrogen (secondary N) is 1. The van der Waals surface area contributed by atoms with E-state index in [4.69, 9.17) is 9.47 Å². The van der Waals surface area contributed by atoms with Gasteiger partial charge in [0.15, 0.2) is 0 Å². The molecule has 0 heterocycles. The Bertz CT molecular complexity index is 526. The lowest BCUT2D eigenvalue weighted by molar-refractivity contribution is -0.143. The van der Waals surface area contributed by atoms with Crippen molar-refractivity contribution in [3.63, 3.8) is 0 Å². The summed E-state index contributed by atoms with van der Waals surface area (Å²) in [4.78, 5) is 23.8. The van der Waals surface area contributed by atoms with Gasteiger partial charge in [-0.15, -0.1) is 0 Å². The summed E-state index contributed by atoms with van der Waals surface area (Å²) in [5.74, 6) is -0.495. The fraction of sp³-hybridized carbons (Fsp3) is 0.529. The molecule has 1 aromatic rings. The Morgan fingerprint density at radius 3 is 2.14 bits per heavy atom. The molecule has 0 aromatic heterocycles. The van der Waals surface area contributed by atoms with Crippen LogP contribution in [0, 0.1) is 13.8 Å². The van der Waals surface area contributed by atoms with Gasteiger partial charge in [-0.25, -0.2) is 9.59 Å². The molecule has 1 amide bonds. The molecule has 0 bridgehead atoms. The highest BCUT2D eigenvalue weighted by Gasteiger charge is 2.25. The minimum atomic E-state index is -0.777. The Kier molecular flexibility index (Phi) is 5.97. The number of ether oxygens (including phenoxy) is 2. The van der Waals surface area contributed by atoms with Gasteiger partial charge in [0.25, 0.3) is 0 Å². The van der Waals surface area contributed by atoms with Gasteiger partial charge in [0.05, 0.1) is 7.11 Å². The number of hydrogen-bond acceptors (Lipinski definition) is 4. The van der Waals surface area contributed by atoms with Gasteiger partial charge in [-0.3, -0.25) is 0 Å². The molecular formula is C17H25NO4. The first kappa shape index (κ1) is 18.0. The standard InChI is InChI=1S/C17H25NO4/c1-11-7-12(2)9-13(8-11)10-14(15(19)21-6)18-16(20)22-17(3,4)5/h7-9,14H,10H2,1-6H3,(H,18,20)/t14-/m1/s1. The van der Waals surface area contributed by atoms with Gasteiger partial charge in [0.1, 0.15) is 11.6 Å². The van der Waals surface area contributed by atoms with Gasteiger partial charge >= 0.3 is 12.1 Å². The van der Waals surface area contributed by atoms with Crippen molar-refractivity contribution in [2.45, 2.75) is 52.7 Å². The molecule has 22 heavy (non-hydrogen) atoms. The number of benzene rings is 1. The van der Waals surface area contributed by atoms with Crippen molar-refractivity contribution >= 4 is 12.1 Å². The van der Waals surface area contributed by atoms with Crippen molar-refractivity contribution in [1.82, 2.24) is 5.32 Å². The number of alkyl carbamates (subject to hydrolysis) is 1. The fourth-order valence-corrected chi connectivity index (χ4v) is 2.21. The summed E-state index contributed by atoms with van der Waals surface area (Å²) in [5.41, 5.74) is 2.56. The van der Waals surface area contributed by atoms with Crippen molar-refractivity contribution in [3.8, 4) is 0 Å². The second kappa shape index (κ2) is 7.29. The van der Waals surface area contributed by atoms with Crippen LogP contribution in [0.1, 0.15) is 37.5 Å². The highest BCUT2D eigenvalue weighted by molar-refractivity contribution is 5.81. The first-order valence-electron chi connectivity index (χ1n) is 7.25. The number of methoxy groups -OCH3 is 1. The fourth-order valence-electron chi connectivity index (χ4n) is 2.21. The average Bonchev–Trinajstić information content (AvgIpc) is 2.33. The van der Waals surface area contributed by atoms with Crippen LogP contribution in [0.25, 0.3) is 0 Å². The predicted molar refractivity (Wildman–Crippen MR) is 84.8 cm³/mol. The minimum Gasteiger partial charge on any atom is -0.467 e. The molecule has 122 valence electrons. The molecule has 0 saturated heterocycles. The lowest BCUT2D eigenvalue weighted by Crippen LogP contribution is -2.45. The maximum Gasteiger partial charge on any atom is 0.408 e. The van der Waals surface area contributed by atoms with E-state index < -0.39 is 23.7 Å². The number of carbonyl (C=O) groups is 2. The van der Waals surface area contributed by atoms with E-state index in [2.05, 4.69) is 11.4 Å². The van der Waals surface area contributed by atoms with Gasteiger partial charge in [0, 0.05) is 6.42 Å². The van der Waals surface area contributed by atoms with Gasteiger partial charge < -0.3 is 14.8 Å². The molecule has 5 heteroatoms. The van der Waals surface area contributed by atoms with Crippen LogP contribution in [0.3, 0.4) is 0 Å². The van der Waals surface area contributed by atoms with Crippen molar-refractivity contribution in [2.24, 2.45) is 0 Å². The molecule has 5 nitrogen and oxygen atoms in total. The minimum absolute atomic E-state index is 0.356. The number of rotatable bonds is 4. The van der Waals surface area contributed by atoms with Crippen LogP contribution in [-0.2, 0) is 20.7 Å². The Labute approximate surface area is 132 Å². The third-order valence-corrected chi connectivity index (χ3v) is 2.90. The predicted octanol–water partition coefficient (Wildman–Crippen LogP) is 2.91. The summed E-state index contributed by atoms with van der Waals surface area (Å²) in [6.45, 7) is 9.28. The molecule has 1 atom stereocenters. The van der Waals surface area contributed by atoms with E-state index in [9.17, 15) is 9.59 Å². The monoisotopic (exact) mass is 307 g/mol. The summed E-state index contributed by atoms with van der Waals surface area (Å²) < 4.78 is 9.96. The third-order valence-electron chi connectivity index (χ3n) is 2.90. The molecule has 0 aliphatic carbocycles. The zero-order valence-corrected chi connectivity index (χ0v) is 14.1. The maximum atomic E-state index is 11.9. The van der Waals surface area contributed by atoms with Crippen LogP contribution in [-0.4, -0.2) is 30.8 Å². The van der Waals surface area contributed by atoms with Crippen LogP contribution < -0.4 is 5.32 Å². The largest absolute Gasteiger partial charge is 0.467 e. The Hall–Kier alpha value is -2.04. The van der Waals surface area contributed by atoms with Crippen molar-refractivity contribution < 1.29 is 19.1 Å². The topological polar surface area (TPSA) is 64.6 Å². The van der Waals surface area contributed by atoms with Gasteiger partial charge in [-0.1, -0.05) is 29.3 Å². The van der Waals surface area contributed by atoms with E-state index >= 15 is 0 Å². The number of carbonyl (C=O) groups excluding carboxylic acids is 2. The smallest absolute Gasteiger partial charge is 0.408 e. The quantitative estimate of drug-likeness (QED) is 0.869. The lowest BCUT2D eigenvalue weighted by Gasteiger charge is -2.22. The van der Waals surface area contributed by atoms with E-state index in [1.54, 1.807) is 20.8 Å². The molecule has 1 rings (SSSR count). The van der Waals surface area contributed by atoms with E-state index in [1.807, 2.05) is 26.0 Å². The molecule has 0 radical (unpaired) electrons. The molecule has 0 unspecified atom stereocenters. The lowest BCUT2D eigenvalue weighted by atomic mass is 10.0. The summed E-state index contributed by atoms with van der Waals surface area (Å²) in [6.07, 6.45) is -0.277. The van der Waals surface area contributed by atoms with Crippen LogP contribution in [0.15, 0.2) is 18.2 Å². The summed E-state index contributed by atoms with van der Waals surface area (Å²) in [5, 5.41) is 2.58. The zero-order valence-electron chi connectivity index (χ0n) is 14.1. The second-order valence-electron chi connectivity index (χ2n) is 6.42. The Balaban J connectivity index is 2.85. The normalized spacial score (nSPS) is 12.5. The summed E-state index contributed by atoms with van der Waals surface area (Å²) >= 11 is 0. The van der Waals surface area contributed by atoms with Crippen molar-refractivity contribution in [3.05, 3.63) is 34.9 Å². The molecule has 1 aromatic carbocycles. The second-order valence-corrected chi connectivity index (χ2v) is 6.42. The van der Waals surface area contributed by atoms with Gasteiger partial charge in [-0.05, 0) is 40.2 Å². The van der Waals surface area contributed by atoms with Crippen molar-refractivity contribution in [1.29, 1.82) is 0 Å². The van der Waals surface area contributed by atoms with Crippen molar-refractivity contribution in [2.75, 3.05) is 7.11 Å². The molecule has 0 spiro atoms. The highest BCUT2D eigenvalue weighted by atomic mass is 16.6. The SMILES string of the molecule is COC(=O)[C@@H](Cc1cc(C)cc(C)c1)NC(=O)OC(C)(C)C. The molecule has 0 saturated carbocycles. The number of hydrogen-bond donors (Lipinski definition) is 1. The number of aryl methyl sites for hydroxylation is 2. The van der Waals surface area contributed by atoms with Crippen LogP contribution in [0.4, 0.5) is 4.79 Å². The molecule has 0 aliphatic heterocycles. The van der Waals surface area contributed by atoms with E-state index in [1.165, 1.54) is 7.11 Å². The maximum absolute atomic E-state index is 11.9. The van der Waals surface area contributed by atoms with E-state index in [0.717, 1.165) is 16.7 Å². The third kappa shape index (κ3) is 6.16. The van der Waals surface area contributed by atoms with E-state index in [0.29, 0.717) is 6.42 Å². The Morgan fingerprint density at radius 1 is 1.14 bits per heavy atom. The molecule has 0 fully saturated rings. The summed E-state index contributed by atoms with van der Waals surface area (Å²) in [6, 6.07) is 5.25. The molecule has 1 N–H and O–H groups in total. The van der Waals surface area contributed by atoms with Gasteiger partial charge in [-0.2, -0.15) is 0 Å². The first-order chi connectivity index (χ1) is 10.1. The number of amides is 1. The van der Waals surface area contributed by atoms with Crippen LogP contribution in [0.5, 0.6) is 0 Å². The Morgan fingerprint density at radius 2 is 1.68 bits per heavy atom. The average molecular weight is 307 g/mol.